The van der Waals surface area contributed by atoms with E-state index in [4.69, 9.17) is 14.2 Å². The van der Waals surface area contributed by atoms with Crippen molar-refractivity contribution in [2.24, 2.45) is 0 Å². The third-order valence-electron chi connectivity index (χ3n) is 5.62. The number of benzene rings is 3. The van der Waals surface area contributed by atoms with Gasteiger partial charge >= 0.3 is 0 Å². The molecule has 0 spiro atoms. The van der Waals surface area contributed by atoms with E-state index in [-0.39, 0.29) is 0 Å². The highest BCUT2D eigenvalue weighted by Crippen LogP contribution is 2.36. The van der Waals surface area contributed by atoms with E-state index in [0.29, 0.717) is 0 Å². The maximum Gasteiger partial charge on any atom is 0.127 e. The molecule has 0 aliphatic carbocycles. The summed E-state index contributed by atoms with van der Waals surface area (Å²) in [6.45, 7) is 8.78. The smallest absolute Gasteiger partial charge is 0.127 e. The zero-order valence-corrected chi connectivity index (χ0v) is 20.4. The van der Waals surface area contributed by atoms with Gasteiger partial charge in [-0.05, 0) is 72.4 Å². The summed E-state index contributed by atoms with van der Waals surface area (Å²) in [5.41, 5.74) is 4.56. The topological polar surface area (TPSA) is 27.7 Å². The Morgan fingerprint density at radius 3 is 1.45 bits per heavy atom. The van der Waals surface area contributed by atoms with Gasteiger partial charge in [0, 0.05) is 5.56 Å². The van der Waals surface area contributed by atoms with Crippen molar-refractivity contribution < 1.29 is 14.2 Å². The highest BCUT2D eigenvalue weighted by atomic mass is 16.5. The maximum absolute atomic E-state index is 6.16. The van der Waals surface area contributed by atoms with E-state index in [1.807, 2.05) is 0 Å². The van der Waals surface area contributed by atoms with Crippen molar-refractivity contribution >= 4 is 0 Å². The Bertz CT molecular complexity index is 945. The van der Waals surface area contributed by atoms with Crippen LogP contribution in [0.15, 0.2) is 66.7 Å². The van der Waals surface area contributed by atoms with Crippen molar-refractivity contribution in [2.75, 3.05) is 19.8 Å². The molecule has 0 heterocycles. The lowest BCUT2D eigenvalue weighted by Crippen LogP contribution is -1.99. The SMILES string of the molecule is CCCCOc1ccc(-c2ccc(OCCCC)c(-c3ccc(OCCCC)cc3)c2)cc1. The van der Waals surface area contributed by atoms with Crippen molar-refractivity contribution in [1.82, 2.24) is 0 Å². The number of ether oxygens (including phenoxy) is 3. The van der Waals surface area contributed by atoms with Gasteiger partial charge in [-0.1, -0.05) is 70.4 Å². The van der Waals surface area contributed by atoms with Crippen LogP contribution >= 0.6 is 0 Å². The quantitative estimate of drug-likeness (QED) is 0.232. The Hall–Kier alpha value is -2.94. The van der Waals surface area contributed by atoms with Gasteiger partial charge in [-0.25, -0.2) is 0 Å². The summed E-state index contributed by atoms with van der Waals surface area (Å²) in [4.78, 5) is 0. The van der Waals surface area contributed by atoms with E-state index < -0.39 is 0 Å². The zero-order valence-electron chi connectivity index (χ0n) is 20.4. The van der Waals surface area contributed by atoms with E-state index in [9.17, 15) is 0 Å². The summed E-state index contributed by atoms with van der Waals surface area (Å²) in [6, 6.07) is 23.2. The fraction of sp³-hybridized carbons (Fsp3) is 0.400. The Morgan fingerprint density at radius 2 is 0.939 bits per heavy atom. The standard InChI is InChI=1S/C30H38O3/c1-4-7-20-31-27-15-10-24(11-16-27)26-14-19-30(33-22-9-6-3)29(23-26)25-12-17-28(18-13-25)32-21-8-5-2/h10-19,23H,4-9,20-22H2,1-3H3. The van der Waals surface area contributed by atoms with Crippen molar-refractivity contribution in [3.63, 3.8) is 0 Å². The number of unbranched alkanes of at least 4 members (excludes halogenated alkanes) is 3. The Morgan fingerprint density at radius 1 is 0.485 bits per heavy atom. The van der Waals surface area contributed by atoms with Crippen molar-refractivity contribution in [3.8, 4) is 39.5 Å². The van der Waals surface area contributed by atoms with E-state index >= 15 is 0 Å². The molecule has 3 aromatic rings. The molecule has 3 nitrogen and oxygen atoms in total. The predicted molar refractivity (Wildman–Crippen MR) is 139 cm³/mol. The molecule has 0 radical (unpaired) electrons. The van der Waals surface area contributed by atoms with Crippen LogP contribution in [0.2, 0.25) is 0 Å². The van der Waals surface area contributed by atoms with Crippen LogP contribution in [0, 0.1) is 0 Å². The molecule has 3 rings (SSSR count). The average Bonchev–Trinajstić information content (AvgIpc) is 2.86. The zero-order chi connectivity index (χ0) is 23.3. The monoisotopic (exact) mass is 446 g/mol. The lowest BCUT2D eigenvalue weighted by atomic mass is 9.98. The molecule has 0 N–H and O–H groups in total. The fourth-order valence-electron chi connectivity index (χ4n) is 3.53. The molecule has 3 aromatic carbocycles. The molecular weight excluding hydrogens is 408 g/mol. The summed E-state index contributed by atoms with van der Waals surface area (Å²) in [5, 5.41) is 0. The largest absolute Gasteiger partial charge is 0.494 e. The molecular formula is C30H38O3. The highest BCUT2D eigenvalue weighted by Gasteiger charge is 2.10. The third kappa shape index (κ3) is 7.56. The predicted octanol–water partition coefficient (Wildman–Crippen LogP) is 8.56. The van der Waals surface area contributed by atoms with E-state index in [0.717, 1.165) is 92.3 Å². The first-order chi connectivity index (χ1) is 16.2. The molecule has 176 valence electrons. The van der Waals surface area contributed by atoms with Gasteiger partial charge in [0.25, 0.3) is 0 Å². The van der Waals surface area contributed by atoms with E-state index in [1.165, 1.54) is 5.56 Å². The molecule has 0 bridgehead atoms. The molecule has 0 saturated heterocycles. The van der Waals surface area contributed by atoms with Crippen LogP contribution in [0.5, 0.6) is 17.2 Å². The molecule has 0 aliphatic rings. The summed E-state index contributed by atoms with van der Waals surface area (Å²) in [6.07, 6.45) is 6.58. The third-order valence-corrected chi connectivity index (χ3v) is 5.62. The number of hydrogen-bond donors (Lipinski definition) is 0. The van der Waals surface area contributed by atoms with Crippen molar-refractivity contribution in [1.29, 1.82) is 0 Å². The molecule has 0 fully saturated rings. The minimum Gasteiger partial charge on any atom is -0.494 e. The summed E-state index contributed by atoms with van der Waals surface area (Å²) in [7, 11) is 0. The van der Waals surface area contributed by atoms with Gasteiger partial charge in [-0.2, -0.15) is 0 Å². The van der Waals surface area contributed by atoms with E-state index in [1.54, 1.807) is 0 Å². The average molecular weight is 447 g/mol. The van der Waals surface area contributed by atoms with Gasteiger partial charge in [-0.15, -0.1) is 0 Å². The first-order valence-corrected chi connectivity index (χ1v) is 12.5. The van der Waals surface area contributed by atoms with E-state index in [2.05, 4.69) is 87.5 Å². The van der Waals surface area contributed by atoms with Gasteiger partial charge in [0.1, 0.15) is 17.2 Å². The second-order valence-corrected chi connectivity index (χ2v) is 8.37. The lowest BCUT2D eigenvalue weighted by Gasteiger charge is -2.15. The molecule has 33 heavy (non-hydrogen) atoms. The second-order valence-electron chi connectivity index (χ2n) is 8.37. The number of rotatable bonds is 14. The summed E-state index contributed by atoms with van der Waals surface area (Å²) >= 11 is 0. The molecule has 0 amide bonds. The molecule has 0 saturated carbocycles. The van der Waals surface area contributed by atoms with Crippen molar-refractivity contribution in [3.05, 3.63) is 66.7 Å². The van der Waals surface area contributed by atoms with Crippen LogP contribution in [-0.2, 0) is 0 Å². The highest BCUT2D eigenvalue weighted by molar-refractivity contribution is 5.78. The Balaban J connectivity index is 1.83. The van der Waals surface area contributed by atoms with Crippen LogP contribution in [0.3, 0.4) is 0 Å². The molecule has 0 unspecified atom stereocenters. The van der Waals surface area contributed by atoms with Gasteiger partial charge in [0.05, 0.1) is 19.8 Å². The van der Waals surface area contributed by atoms with Gasteiger partial charge in [0.15, 0.2) is 0 Å². The first-order valence-electron chi connectivity index (χ1n) is 12.5. The fourth-order valence-corrected chi connectivity index (χ4v) is 3.53. The molecule has 0 atom stereocenters. The molecule has 3 heteroatoms. The minimum atomic E-state index is 0.727. The van der Waals surface area contributed by atoms with Gasteiger partial charge < -0.3 is 14.2 Å². The summed E-state index contributed by atoms with van der Waals surface area (Å²) in [5.74, 6) is 2.76. The van der Waals surface area contributed by atoms with Gasteiger partial charge in [0.2, 0.25) is 0 Å². The Labute approximate surface area is 199 Å². The van der Waals surface area contributed by atoms with Gasteiger partial charge in [-0.3, -0.25) is 0 Å². The van der Waals surface area contributed by atoms with Crippen LogP contribution in [0.4, 0.5) is 0 Å². The minimum absolute atomic E-state index is 0.727. The normalized spacial score (nSPS) is 10.8. The second kappa shape index (κ2) is 13.6. The maximum atomic E-state index is 6.16. The Kier molecular flexibility index (Phi) is 10.2. The molecule has 0 aliphatic heterocycles. The lowest BCUT2D eigenvalue weighted by molar-refractivity contribution is 0.309. The summed E-state index contributed by atoms with van der Waals surface area (Å²) < 4.78 is 17.8. The first kappa shape index (κ1) is 24.7. The van der Waals surface area contributed by atoms with Crippen LogP contribution in [0.1, 0.15) is 59.3 Å². The van der Waals surface area contributed by atoms with Crippen LogP contribution in [-0.4, -0.2) is 19.8 Å². The molecule has 0 aromatic heterocycles. The number of hydrogen-bond acceptors (Lipinski definition) is 3. The van der Waals surface area contributed by atoms with Crippen LogP contribution < -0.4 is 14.2 Å². The van der Waals surface area contributed by atoms with Crippen molar-refractivity contribution in [2.45, 2.75) is 59.3 Å². The van der Waals surface area contributed by atoms with Crippen LogP contribution in [0.25, 0.3) is 22.3 Å².